The lowest BCUT2D eigenvalue weighted by atomic mass is 9.73. The molecular weight excluding hydrogens is 306 g/mol. The molecule has 0 saturated heterocycles. The Morgan fingerprint density at radius 2 is 2.04 bits per heavy atom. The molecule has 5 N–H and O–H groups in total. The second kappa shape index (κ2) is 5.88. The number of rotatable bonds is 5. The van der Waals surface area contributed by atoms with Gasteiger partial charge in [-0.25, -0.2) is 4.98 Å². The molecule has 0 aromatic carbocycles. The van der Waals surface area contributed by atoms with E-state index in [1.807, 2.05) is 0 Å². The minimum absolute atomic E-state index is 0.0521. The Hall–Kier alpha value is -1.89. The van der Waals surface area contributed by atoms with Crippen LogP contribution in [0, 0.1) is 5.41 Å². The molecule has 1 aromatic rings. The Kier molecular flexibility index (Phi) is 4.15. The van der Waals surface area contributed by atoms with E-state index in [9.17, 15) is 9.90 Å². The third-order valence-corrected chi connectivity index (χ3v) is 5.36. The first-order chi connectivity index (χ1) is 11.2. The normalized spacial score (nSPS) is 27.3. The number of nitrogens with one attached hydrogen (secondary N) is 2. The van der Waals surface area contributed by atoms with Crippen LogP contribution in [-0.2, 0) is 0 Å². The Morgan fingerprint density at radius 3 is 2.62 bits per heavy atom. The Bertz CT molecular complexity index is 642. The molecule has 132 valence electrons. The number of anilines is 2. The predicted molar refractivity (Wildman–Crippen MR) is 92.9 cm³/mol. The van der Waals surface area contributed by atoms with Gasteiger partial charge >= 0.3 is 0 Å². The van der Waals surface area contributed by atoms with Crippen molar-refractivity contribution in [3.05, 3.63) is 11.8 Å². The minimum Gasteiger partial charge on any atom is -0.392 e. The molecule has 2 saturated carbocycles. The van der Waals surface area contributed by atoms with Gasteiger partial charge in [0.15, 0.2) is 0 Å². The fourth-order valence-electron chi connectivity index (χ4n) is 3.06. The van der Waals surface area contributed by atoms with Crippen LogP contribution in [0.2, 0.25) is 0 Å². The summed E-state index contributed by atoms with van der Waals surface area (Å²) in [6.07, 6.45) is 5.69. The maximum absolute atomic E-state index is 11.7. The standard InChI is InChI=1S/C17H27N5O2/c1-16(2)5-4-10(8-12(16)23)20-14-11(13(18)24)9-19-15(21-14)22-17(3)6-7-17/h9-10,12,23H,4-8H2,1-3H3,(H2,18,24)(H2,19,20,21,22)/t10-,12-/m1/s1. The maximum Gasteiger partial charge on any atom is 0.254 e. The first-order valence-corrected chi connectivity index (χ1v) is 8.58. The number of primary amides is 1. The number of carbonyl (C=O) groups excluding carboxylic acids is 1. The molecule has 0 radical (unpaired) electrons. The molecule has 1 amide bonds. The zero-order valence-electron chi connectivity index (χ0n) is 14.6. The van der Waals surface area contributed by atoms with Crippen LogP contribution in [0.15, 0.2) is 6.20 Å². The fourth-order valence-corrected chi connectivity index (χ4v) is 3.06. The second-order valence-corrected chi connectivity index (χ2v) is 8.13. The van der Waals surface area contributed by atoms with Gasteiger partial charge in [-0.1, -0.05) is 13.8 Å². The number of carbonyl (C=O) groups is 1. The van der Waals surface area contributed by atoms with E-state index in [0.717, 1.165) is 25.7 Å². The highest BCUT2D eigenvalue weighted by molar-refractivity contribution is 5.97. The highest BCUT2D eigenvalue weighted by Crippen LogP contribution is 2.38. The summed E-state index contributed by atoms with van der Waals surface area (Å²) >= 11 is 0. The van der Waals surface area contributed by atoms with E-state index >= 15 is 0 Å². The number of aromatic nitrogens is 2. The Balaban J connectivity index is 1.77. The molecule has 2 aliphatic rings. The number of aliphatic hydroxyl groups excluding tert-OH is 1. The predicted octanol–water partition coefficient (Wildman–Crippen LogP) is 1.89. The Labute approximate surface area is 142 Å². The van der Waals surface area contributed by atoms with Crippen LogP contribution in [-0.4, -0.2) is 38.7 Å². The second-order valence-electron chi connectivity index (χ2n) is 8.13. The van der Waals surface area contributed by atoms with Crippen molar-refractivity contribution in [3.63, 3.8) is 0 Å². The topological polar surface area (TPSA) is 113 Å². The lowest BCUT2D eigenvalue weighted by Crippen LogP contribution is -2.41. The van der Waals surface area contributed by atoms with Gasteiger partial charge < -0.3 is 21.5 Å². The largest absolute Gasteiger partial charge is 0.392 e. The van der Waals surface area contributed by atoms with Crippen molar-refractivity contribution in [2.24, 2.45) is 11.1 Å². The molecule has 2 fully saturated rings. The monoisotopic (exact) mass is 333 g/mol. The molecule has 2 atom stereocenters. The van der Waals surface area contributed by atoms with Gasteiger partial charge in [-0.05, 0) is 44.4 Å². The highest BCUT2D eigenvalue weighted by atomic mass is 16.3. The summed E-state index contributed by atoms with van der Waals surface area (Å²) in [5.41, 5.74) is 5.70. The summed E-state index contributed by atoms with van der Waals surface area (Å²) in [7, 11) is 0. The molecule has 0 aliphatic heterocycles. The van der Waals surface area contributed by atoms with Gasteiger partial charge in [-0.2, -0.15) is 4.98 Å². The molecule has 1 aromatic heterocycles. The van der Waals surface area contributed by atoms with Crippen molar-refractivity contribution in [3.8, 4) is 0 Å². The molecule has 24 heavy (non-hydrogen) atoms. The minimum atomic E-state index is -0.557. The van der Waals surface area contributed by atoms with Gasteiger partial charge in [0.1, 0.15) is 5.82 Å². The maximum atomic E-state index is 11.7. The van der Waals surface area contributed by atoms with Crippen LogP contribution in [0.4, 0.5) is 11.8 Å². The molecule has 7 heteroatoms. The molecule has 2 aliphatic carbocycles. The third-order valence-electron chi connectivity index (χ3n) is 5.36. The van der Waals surface area contributed by atoms with Crippen LogP contribution in [0.3, 0.4) is 0 Å². The summed E-state index contributed by atoms with van der Waals surface area (Å²) in [6.45, 7) is 6.27. The van der Waals surface area contributed by atoms with Crippen molar-refractivity contribution in [2.75, 3.05) is 10.6 Å². The lowest BCUT2D eigenvalue weighted by molar-refractivity contribution is 0.00912. The first-order valence-electron chi connectivity index (χ1n) is 8.58. The van der Waals surface area contributed by atoms with Gasteiger partial charge in [0.2, 0.25) is 5.95 Å². The average Bonchev–Trinajstić information content (AvgIpc) is 3.20. The number of hydrogen-bond acceptors (Lipinski definition) is 6. The van der Waals surface area contributed by atoms with E-state index in [1.54, 1.807) is 0 Å². The van der Waals surface area contributed by atoms with Crippen molar-refractivity contribution in [2.45, 2.75) is 70.6 Å². The summed E-state index contributed by atoms with van der Waals surface area (Å²) in [4.78, 5) is 20.3. The molecule has 0 bridgehead atoms. The smallest absolute Gasteiger partial charge is 0.254 e. The SMILES string of the molecule is CC1(Nc2ncc(C(N)=O)c(N[C@@H]3CCC(C)(C)[C@H](O)C3)n2)CC1. The molecule has 0 spiro atoms. The molecule has 1 heterocycles. The van der Waals surface area contributed by atoms with Crippen molar-refractivity contribution in [1.82, 2.24) is 9.97 Å². The van der Waals surface area contributed by atoms with E-state index in [4.69, 9.17) is 5.73 Å². The number of amides is 1. The summed E-state index contributed by atoms with van der Waals surface area (Å²) in [5.74, 6) is 0.388. The Morgan fingerprint density at radius 1 is 1.33 bits per heavy atom. The van der Waals surface area contributed by atoms with E-state index in [0.29, 0.717) is 18.2 Å². The molecule has 3 rings (SSSR count). The first kappa shape index (κ1) is 17.0. The molecular formula is C17H27N5O2. The zero-order chi connectivity index (χ0) is 17.5. The zero-order valence-corrected chi connectivity index (χ0v) is 14.6. The van der Waals surface area contributed by atoms with E-state index in [-0.39, 0.29) is 28.7 Å². The van der Waals surface area contributed by atoms with Crippen LogP contribution in [0.25, 0.3) is 0 Å². The third kappa shape index (κ3) is 3.61. The van der Waals surface area contributed by atoms with E-state index < -0.39 is 5.91 Å². The van der Waals surface area contributed by atoms with Crippen LogP contribution >= 0.6 is 0 Å². The van der Waals surface area contributed by atoms with Crippen molar-refractivity contribution >= 4 is 17.7 Å². The quantitative estimate of drug-likeness (QED) is 0.654. The number of aliphatic hydroxyl groups is 1. The van der Waals surface area contributed by atoms with Crippen LogP contribution < -0.4 is 16.4 Å². The van der Waals surface area contributed by atoms with E-state index in [1.165, 1.54) is 6.20 Å². The van der Waals surface area contributed by atoms with E-state index in [2.05, 4.69) is 41.4 Å². The lowest BCUT2D eigenvalue weighted by Gasteiger charge is -2.39. The van der Waals surface area contributed by atoms with Gasteiger partial charge in [-0.3, -0.25) is 4.79 Å². The summed E-state index contributed by atoms with van der Waals surface area (Å²) < 4.78 is 0. The van der Waals surface area contributed by atoms with Crippen LogP contribution in [0.1, 0.15) is 63.2 Å². The summed E-state index contributed by atoms with van der Waals surface area (Å²) in [5, 5.41) is 16.9. The van der Waals surface area contributed by atoms with Gasteiger partial charge in [0.05, 0.1) is 11.7 Å². The highest BCUT2D eigenvalue weighted by Gasteiger charge is 2.38. The number of nitrogens with two attached hydrogens (primary N) is 1. The van der Waals surface area contributed by atoms with Gasteiger partial charge in [0.25, 0.3) is 5.91 Å². The van der Waals surface area contributed by atoms with Gasteiger partial charge in [0, 0.05) is 17.8 Å². The fraction of sp³-hybridized carbons (Fsp3) is 0.706. The number of nitrogens with zero attached hydrogens (tertiary/aromatic N) is 2. The van der Waals surface area contributed by atoms with Crippen molar-refractivity contribution in [1.29, 1.82) is 0 Å². The van der Waals surface area contributed by atoms with Crippen LogP contribution in [0.5, 0.6) is 0 Å². The molecule has 0 unspecified atom stereocenters. The molecule has 7 nitrogen and oxygen atoms in total. The summed E-state index contributed by atoms with van der Waals surface area (Å²) in [6, 6.07) is 0.0605. The average molecular weight is 333 g/mol. The van der Waals surface area contributed by atoms with Crippen molar-refractivity contribution < 1.29 is 9.90 Å². The number of hydrogen-bond donors (Lipinski definition) is 4. The van der Waals surface area contributed by atoms with Gasteiger partial charge in [-0.15, -0.1) is 0 Å².